The average molecular weight is 290 g/mol. The van der Waals surface area contributed by atoms with Gasteiger partial charge < -0.3 is 20.1 Å². The van der Waals surface area contributed by atoms with Crippen molar-refractivity contribution in [1.29, 1.82) is 0 Å². The van der Waals surface area contributed by atoms with Crippen molar-refractivity contribution in [3.8, 4) is 0 Å². The standard InChI is InChI=1S/C16H22N2O3/c1-16(2,15(21)17-9-14(19)20)11-18-8-7-12-5-3-4-6-13(12)10-18/h3-6H,7-11H2,1-2H3,(H,17,21)(H,19,20). The average Bonchev–Trinajstić information content (AvgIpc) is 2.44. The van der Waals surface area contributed by atoms with Gasteiger partial charge in [-0.3, -0.25) is 4.79 Å². The molecule has 2 rings (SSSR count). The van der Waals surface area contributed by atoms with Crippen LogP contribution in [0.15, 0.2) is 24.3 Å². The highest BCUT2D eigenvalue weighted by Gasteiger charge is 2.33. The van der Waals surface area contributed by atoms with Gasteiger partial charge in [-0.2, -0.15) is 0 Å². The van der Waals surface area contributed by atoms with E-state index < -0.39 is 17.9 Å². The van der Waals surface area contributed by atoms with Crippen LogP contribution in [0.1, 0.15) is 25.0 Å². The molecule has 5 nitrogen and oxygen atoms in total. The quantitative estimate of drug-likeness (QED) is 0.695. The van der Waals surface area contributed by atoms with Crippen molar-refractivity contribution in [2.24, 2.45) is 5.41 Å². The Morgan fingerprint density at radius 2 is 1.95 bits per heavy atom. The van der Waals surface area contributed by atoms with Crippen molar-refractivity contribution in [2.75, 3.05) is 19.6 Å². The predicted octanol–water partition coefficient (Wildman–Crippen LogP) is -1.48. The van der Waals surface area contributed by atoms with Crippen LogP contribution in [-0.2, 0) is 22.6 Å². The predicted molar refractivity (Wildman–Crippen MR) is 76.3 cm³/mol. The second kappa shape index (κ2) is 6.26. The molecule has 1 aliphatic heterocycles. The molecule has 2 N–H and O–H groups in total. The topological polar surface area (TPSA) is 73.7 Å². The zero-order chi connectivity index (χ0) is 15.5. The number of carboxylic acids is 1. The zero-order valence-electron chi connectivity index (χ0n) is 12.6. The highest BCUT2D eigenvalue weighted by molar-refractivity contribution is 5.84. The first-order valence-electron chi connectivity index (χ1n) is 7.27. The molecule has 21 heavy (non-hydrogen) atoms. The number of fused-ring (bicyclic) bond motifs is 1. The summed E-state index contributed by atoms with van der Waals surface area (Å²) in [6.45, 7) is 5.86. The molecule has 1 atom stereocenters. The van der Waals surface area contributed by atoms with Gasteiger partial charge in [0.1, 0.15) is 6.54 Å². The van der Waals surface area contributed by atoms with Gasteiger partial charge in [-0.15, -0.1) is 0 Å². The van der Waals surface area contributed by atoms with E-state index in [1.165, 1.54) is 16.0 Å². The minimum atomic E-state index is -1.27. The third kappa shape index (κ3) is 4.04. The molecular weight excluding hydrogens is 268 g/mol. The van der Waals surface area contributed by atoms with Crippen LogP contribution in [-0.4, -0.2) is 31.5 Å². The van der Waals surface area contributed by atoms with Gasteiger partial charge in [0.15, 0.2) is 0 Å². The van der Waals surface area contributed by atoms with Gasteiger partial charge in [-0.25, -0.2) is 0 Å². The number of hydrogen-bond donors (Lipinski definition) is 2. The first-order valence-corrected chi connectivity index (χ1v) is 7.27. The maximum Gasteiger partial charge on any atom is 0.231 e. The molecule has 1 aromatic rings. The number of carboxylic acid groups (broad SMARTS) is 1. The SMILES string of the molecule is CC(C)(C[NH+]1CCc2ccccc2C1)C(=O)NCC(=O)[O-]. The number of hydrogen-bond acceptors (Lipinski definition) is 3. The van der Waals surface area contributed by atoms with Crippen molar-refractivity contribution in [3.63, 3.8) is 0 Å². The van der Waals surface area contributed by atoms with E-state index in [1.54, 1.807) is 0 Å². The molecule has 0 aliphatic carbocycles. The van der Waals surface area contributed by atoms with Crippen LogP contribution < -0.4 is 15.3 Å². The van der Waals surface area contributed by atoms with Crippen LogP contribution in [0.25, 0.3) is 0 Å². The molecule has 1 amide bonds. The van der Waals surface area contributed by atoms with E-state index in [-0.39, 0.29) is 5.91 Å². The number of nitrogens with one attached hydrogen (secondary N) is 2. The summed E-state index contributed by atoms with van der Waals surface area (Å²) in [5.74, 6) is -1.50. The van der Waals surface area contributed by atoms with E-state index in [4.69, 9.17) is 0 Å². The Morgan fingerprint density at radius 3 is 2.62 bits per heavy atom. The smallest absolute Gasteiger partial charge is 0.231 e. The minimum Gasteiger partial charge on any atom is -0.548 e. The molecule has 1 aliphatic rings. The molecule has 114 valence electrons. The van der Waals surface area contributed by atoms with Gasteiger partial charge in [-0.1, -0.05) is 24.3 Å². The second-order valence-electron chi connectivity index (χ2n) is 6.31. The van der Waals surface area contributed by atoms with E-state index in [2.05, 4.69) is 23.5 Å². The summed E-state index contributed by atoms with van der Waals surface area (Å²) in [7, 11) is 0. The Hall–Kier alpha value is -1.88. The summed E-state index contributed by atoms with van der Waals surface area (Å²) in [4.78, 5) is 23.8. The molecule has 0 fully saturated rings. The summed E-state index contributed by atoms with van der Waals surface area (Å²) in [5.41, 5.74) is 2.13. The first-order chi connectivity index (χ1) is 9.88. The number of carbonyl (C=O) groups is 2. The van der Waals surface area contributed by atoms with E-state index in [9.17, 15) is 14.7 Å². The number of rotatable bonds is 5. The van der Waals surface area contributed by atoms with Crippen LogP contribution in [0.4, 0.5) is 0 Å². The minimum absolute atomic E-state index is 0.238. The lowest BCUT2D eigenvalue weighted by atomic mass is 9.89. The Morgan fingerprint density at radius 1 is 1.29 bits per heavy atom. The Kier molecular flexibility index (Phi) is 4.63. The molecule has 0 radical (unpaired) electrons. The maximum atomic E-state index is 12.1. The van der Waals surface area contributed by atoms with Crippen LogP contribution >= 0.6 is 0 Å². The molecule has 0 bridgehead atoms. The molecule has 1 heterocycles. The number of aliphatic carboxylic acids is 1. The van der Waals surface area contributed by atoms with Crippen molar-refractivity contribution in [2.45, 2.75) is 26.8 Å². The molecule has 5 heteroatoms. The van der Waals surface area contributed by atoms with Gasteiger partial charge in [-0.05, 0) is 19.4 Å². The lowest BCUT2D eigenvalue weighted by Gasteiger charge is -2.32. The Balaban J connectivity index is 1.95. The van der Waals surface area contributed by atoms with Crippen molar-refractivity contribution >= 4 is 11.9 Å². The van der Waals surface area contributed by atoms with Gasteiger partial charge in [0, 0.05) is 12.0 Å². The summed E-state index contributed by atoms with van der Waals surface area (Å²) in [6, 6.07) is 8.39. The third-order valence-corrected chi connectivity index (χ3v) is 4.01. The second-order valence-corrected chi connectivity index (χ2v) is 6.31. The highest BCUT2D eigenvalue weighted by Crippen LogP contribution is 2.15. The fourth-order valence-corrected chi connectivity index (χ4v) is 2.89. The maximum absolute atomic E-state index is 12.1. The largest absolute Gasteiger partial charge is 0.548 e. The molecule has 0 spiro atoms. The van der Waals surface area contributed by atoms with Gasteiger partial charge >= 0.3 is 0 Å². The first kappa shape index (κ1) is 15.5. The van der Waals surface area contributed by atoms with E-state index in [0.717, 1.165) is 19.5 Å². The summed E-state index contributed by atoms with van der Waals surface area (Å²) >= 11 is 0. The number of carbonyl (C=O) groups excluding carboxylic acids is 2. The van der Waals surface area contributed by atoms with Crippen molar-refractivity contribution < 1.29 is 19.6 Å². The van der Waals surface area contributed by atoms with Crippen molar-refractivity contribution in [3.05, 3.63) is 35.4 Å². The Bertz CT molecular complexity index is 540. The van der Waals surface area contributed by atoms with Crippen LogP contribution in [0.2, 0.25) is 0 Å². The Labute approximate surface area is 125 Å². The molecule has 0 saturated carbocycles. The number of benzene rings is 1. The number of amides is 1. The van der Waals surface area contributed by atoms with E-state index in [1.807, 2.05) is 19.9 Å². The lowest BCUT2D eigenvalue weighted by molar-refractivity contribution is -0.920. The van der Waals surface area contributed by atoms with Crippen molar-refractivity contribution in [1.82, 2.24) is 5.32 Å². The molecule has 1 unspecified atom stereocenters. The fraction of sp³-hybridized carbons (Fsp3) is 0.500. The molecular formula is C16H22N2O3. The van der Waals surface area contributed by atoms with Gasteiger partial charge in [0.05, 0.1) is 31.0 Å². The summed E-state index contributed by atoms with van der Waals surface area (Å²) < 4.78 is 0. The lowest BCUT2D eigenvalue weighted by Crippen LogP contribution is -3.13. The van der Waals surface area contributed by atoms with Crippen LogP contribution in [0.3, 0.4) is 0 Å². The fourth-order valence-electron chi connectivity index (χ4n) is 2.89. The normalized spacial score (nSPS) is 17.9. The van der Waals surface area contributed by atoms with Gasteiger partial charge in [0.2, 0.25) is 5.91 Å². The monoisotopic (exact) mass is 290 g/mol. The number of quaternary nitrogens is 1. The molecule has 1 aromatic carbocycles. The van der Waals surface area contributed by atoms with E-state index in [0.29, 0.717) is 6.54 Å². The molecule has 0 aromatic heterocycles. The third-order valence-electron chi connectivity index (χ3n) is 4.01. The van der Waals surface area contributed by atoms with Gasteiger partial charge in [0.25, 0.3) is 0 Å². The highest BCUT2D eigenvalue weighted by atomic mass is 16.4. The van der Waals surface area contributed by atoms with E-state index >= 15 is 0 Å². The molecule has 0 saturated heterocycles. The van der Waals surface area contributed by atoms with Crippen LogP contribution in [0.5, 0.6) is 0 Å². The summed E-state index contributed by atoms with van der Waals surface area (Å²) in [5, 5.41) is 12.8. The summed E-state index contributed by atoms with van der Waals surface area (Å²) in [6.07, 6.45) is 1.02. The van der Waals surface area contributed by atoms with Crippen LogP contribution in [0, 0.1) is 5.41 Å². The zero-order valence-corrected chi connectivity index (χ0v) is 12.6.